The molecule has 5 heteroatoms. The Bertz CT molecular complexity index is 444. The van der Waals surface area contributed by atoms with E-state index < -0.39 is 11.8 Å². The maximum Gasteiger partial charge on any atom is 0.335 e. The molecule has 1 aromatic carbocycles. The van der Waals surface area contributed by atoms with Gasteiger partial charge in [0.05, 0.1) is 12.2 Å². The van der Waals surface area contributed by atoms with Gasteiger partial charge in [-0.25, -0.2) is 9.18 Å². The molecule has 1 saturated heterocycles. The summed E-state index contributed by atoms with van der Waals surface area (Å²) >= 11 is 0. The number of carboxylic acid groups (broad SMARTS) is 1. The van der Waals surface area contributed by atoms with Crippen molar-refractivity contribution in [3.05, 3.63) is 35.1 Å². The molecule has 18 heavy (non-hydrogen) atoms. The summed E-state index contributed by atoms with van der Waals surface area (Å²) in [5.74, 6) is -1.62. The van der Waals surface area contributed by atoms with Gasteiger partial charge in [0.15, 0.2) is 0 Å². The molecule has 0 spiro atoms. The van der Waals surface area contributed by atoms with Gasteiger partial charge in [-0.3, -0.25) is 4.90 Å². The monoisotopic (exact) mass is 253 g/mol. The van der Waals surface area contributed by atoms with Crippen molar-refractivity contribution in [2.45, 2.75) is 19.0 Å². The summed E-state index contributed by atoms with van der Waals surface area (Å²) in [6, 6.07) is 4.24. The van der Waals surface area contributed by atoms with Crippen LogP contribution in [0.4, 0.5) is 4.39 Å². The van der Waals surface area contributed by atoms with Gasteiger partial charge < -0.3 is 9.84 Å². The van der Waals surface area contributed by atoms with Crippen molar-refractivity contribution >= 4 is 5.97 Å². The molecule has 0 aromatic heterocycles. The molecule has 1 N–H and O–H groups in total. The number of ether oxygens (including phenoxy) is 1. The molecule has 4 nitrogen and oxygen atoms in total. The lowest BCUT2D eigenvalue weighted by atomic mass is 10.1. The molecule has 0 amide bonds. The van der Waals surface area contributed by atoms with Crippen molar-refractivity contribution in [1.29, 1.82) is 0 Å². The predicted molar refractivity (Wildman–Crippen MR) is 64.1 cm³/mol. The fourth-order valence-corrected chi connectivity index (χ4v) is 2.15. The second-order valence-corrected chi connectivity index (χ2v) is 4.59. The molecular formula is C13H16FNO3. The molecule has 1 unspecified atom stereocenters. The Kier molecular flexibility index (Phi) is 3.93. The number of halogens is 1. The number of nitrogens with zero attached hydrogens (tertiary/aromatic N) is 1. The Balaban J connectivity index is 2.10. The average Bonchev–Trinajstić information content (AvgIpc) is 2.81. The Morgan fingerprint density at radius 3 is 2.94 bits per heavy atom. The number of benzene rings is 1. The van der Waals surface area contributed by atoms with E-state index in [-0.39, 0.29) is 5.56 Å². The molecule has 2 rings (SSSR count). The molecule has 1 aliphatic heterocycles. The van der Waals surface area contributed by atoms with Crippen molar-refractivity contribution in [3.8, 4) is 0 Å². The molecule has 1 aliphatic rings. The van der Waals surface area contributed by atoms with Crippen LogP contribution in [0.1, 0.15) is 22.3 Å². The molecule has 1 heterocycles. The lowest BCUT2D eigenvalue weighted by Crippen LogP contribution is -2.31. The lowest BCUT2D eigenvalue weighted by Gasteiger charge is -2.22. The lowest BCUT2D eigenvalue weighted by molar-refractivity contribution is 0.0696. The van der Waals surface area contributed by atoms with Crippen molar-refractivity contribution < 1.29 is 19.0 Å². The normalized spacial score (nSPS) is 19.4. The second-order valence-electron chi connectivity index (χ2n) is 4.59. The third kappa shape index (κ3) is 3.05. The first kappa shape index (κ1) is 13.0. The third-order valence-corrected chi connectivity index (χ3v) is 3.17. The van der Waals surface area contributed by atoms with Crippen LogP contribution in [-0.4, -0.2) is 42.3 Å². The number of aromatic carboxylic acids is 1. The maximum atomic E-state index is 13.3. The predicted octanol–water partition coefficient (Wildman–Crippen LogP) is 1.74. The minimum atomic E-state index is -1.11. The Labute approximate surface area is 105 Å². The Morgan fingerprint density at radius 2 is 2.33 bits per heavy atom. The van der Waals surface area contributed by atoms with E-state index >= 15 is 0 Å². The van der Waals surface area contributed by atoms with E-state index in [2.05, 4.69) is 4.90 Å². The zero-order valence-electron chi connectivity index (χ0n) is 10.2. The summed E-state index contributed by atoms with van der Waals surface area (Å²) in [4.78, 5) is 12.9. The zero-order chi connectivity index (χ0) is 13.1. The van der Waals surface area contributed by atoms with E-state index in [9.17, 15) is 9.18 Å². The van der Waals surface area contributed by atoms with Gasteiger partial charge in [-0.15, -0.1) is 0 Å². The molecular weight excluding hydrogens is 237 g/mol. The smallest absolute Gasteiger partial charge is 0.335 e. The quantitative estimate of drug-likeness (QED) is 0.888. The standard InChI is InChI=1S/C13H16FNO3/c1-15(12-2-3-18-8-12)7-9-4-10(13(16)17)6-11(14)5-9/h4-6,12H,2-3,7-8H2,1H3,(H,16,17). The van der Waals surface area contributed by atoms with E-state index in [4.69, 9.17) is 9.84 Å². The van der Waals surface area contributed by atoms with Crippen LogP contribution in [0.2, 0.25) is 0 Å². The van der Waals surface area contributed by atoms with Crippen LogP contribution in [0.25, 0.3) is 0 Å². The van der Waals surface area contributed by atoms with Crippen molar-refractivity contribution in [2.75, 3.05) is 20.3 Å². The first-order valence-electron chi connectivity index (χ1n) is 5.87. The van der Waals surface area contributed by atoms with Crippen LogP contribution in [0.15, 0.2) is 18.2 Å². The van der Waals surface area contributed by atoms with Gasteiger partial charge in [-0.1, -0.05) is 0 Å². The summed E-state index contributed by atoms with van der Waals surface area (Å²) in [6.07, 6.45) is 0.956. The van der Waals surface area contributed by atoms with Gasteiger partial charge in [0.2, 0.25) is 0 Å². The largest absolute Gasteiger partial charge is 0.478 e. The van der Waals surface area contributed by atoms with Crippen molar-refractivity contribution in [2.24, 2.45) is 0 Å². The van der Waals surface area contributed by atoms with Crippen LogP contribution >= 0.6 is 0 Å². The average molecular weight is 253 g/mol. The van der Waals surface area contributed by atoms with Gasteiger partial charge in [0.1, 0.15) is 5.82 Å². The highest BCUT2D eigenvalue weighted by Gasteiger charge is 2.20. The Hall–Kier alpha value is -1.46. The highest BCUT2D eigenvalue weighted by Crippen LogP contribution is 2.16. The zero-order valence-corrected chi connectivity index (χ0v) is 10.2. The van der Waals surface area contributed by atoms with Crippen molar-refractivity contribution in [1.82, 2.24) is 4.90 Å². The van der Waals surface area contributed by atoms with Crippen LogP contribution in [0.5, 0.6) is 0 Å². The summed E-state index contributed by atoms with van der Waals surface area (Å²) < 4.78 is 18.6. The van der Waals surface area contributed by atoms with Gasteiger partial charge >= 0.3 is 5.97 Å². The number of likely N-dealkylation sites (N-methyl/N-ethyl adjacent to an activating group) is 1. The molecule has 0 saturated carbocycles. The van der Waals surface area contributed by atoms with Gasteiger partial charge in [-0.05, 0) is 37.2 Å². The van der Waals surface area contributed by atoms with Crippen LogP contribution < -0.4 is 0 Å². The summed E-state index contributed by atoms with van der Waals surface area (Å²) in [6.45, 7) is 1.95. The Morgan fingerprint density at radius 1 is 1.56 bits per heavy atom. The van der Waals surface area contributed by atoms with E-state index in [1.807, 2.05) is 7.05 Å². The van der Waals surface area contributed by atoms with E-state index in [0.717, 1.165) is 19.1 Å². The number of hydrogen-bond donors (Lipinski definition) is 1. The molecule has 1 fully saturated rings. The first-order valence-corrected chi connectivity index (χ1v) is 5.87. The second kappa shape index (κ2) is 5.46. The summed E-state index contributed by atoms with van der Waals surface area (Å²) in [7, 11) is 1.94. The maximum absolute atomic E-state index is 13.3. The molecule has 0 radical (unpaired) electrons. The molecule has 0 bridgehead atoms. The van der Waals surface area contributed by atoms with Crippen LogP contribution in [0.3, 0.4) is 0 Å². The fraction of sp³-hybridized carbons (Fsp3) is 0.462. The van der Waals surface area contributed by atoms with E-state index in [0.29, 0.717) is 24.8 Å². The molecule has 1 aromatic rings. The molecule has 0 aliphatic carbocycles. The number of hydrogen-bond acceptors (Lipinski definition) is 3. The fourth-order valence-electron chi connectivity index (χ4n) is 2.15. The van der Waals surface area contributed by atoms with Crippen LogP contribution in [0, 0.1) is 5.82 Å². The minimum absolute atomic E-state index is 0.0129. The number of rotatable bonds is 4. The molecule has 98 valence electrons. The highest BCUT2D eigenvalue weighted by molar-refractivity contribution is 5.87. The third-order valence-electron chi connectivity index (χ3n) is 3.17. The van der Waals surface area contributed by atoms with Crippen molar-refractivity contribution in [3.63, 3.8) is 0 Å². The summed E-state index contributed by atoms with van der Waals surface area (Å²) in [5.41, 5.74) is 0.655. The summed E-state index contributed by atoms with van der Waals surface area (Å²) in [5, 5.41) is 8.88. The minimum Gasteiger partial charge on any atom is -0.478 e. The van der Waals surface area contributed by atoms with Gasteiger partial charge in [0, 0.05) is 19.2 Å². The topological polar surface area (TPSA) is 49.8 Å². The van der Waals surface area contributed by atoms with Gasteiger partial charge in [0.25, 0.3) is 0 Å². The first-order chi connectivity index (χ1) is 8.56. The highest BCUT2D eigenvalue weighted by atomic mass is 19.1. The molecule has 1 atom stereocenters. The SMILES string of the molecule is CN(Cc1cc(F)cc(C(=O)O)c1)C1CCOC1. The number of carboxylic acids is 1. The van der Waals surface area contributed by atoms with Crippen LogP contribution in [-0.2, 0) is 11.3 Å². The van der Waals surface area contributed by atoms with Gasteiger partial charge in [-0.2, -0.15) is 0 Å². The number of carbonyl (C=O) groups is 1. The van der Waals surface area contributed by atoms with E-state index in [1.165, 1.54) is 12.1 Å². The van der Waals surface area contributed by atoms with E-state index in [1.54, 1.807) is 0 Å².